The number of aromatic nitrogens is 5. The van der Waals surface area contributed by atoms with Crippen molar-refractivity contribution >= 4 is 55.9 Å². The Morgan fingerprint density at radius 1 is 1.09 bits per heavy atom. The molecule has 4 aliphatic carbocycles. The average Bonchev–Trinajstić information content (AvgIpc) is 4.18. The van der Waals surface area contributed by atoms with Gasteiger partial charge in [0.25, 0.3) is 27.9 Å². The van der Waals surface area contributed by atoms with Crippen molar-refractivity contribution in [2.24, 2.45) is 16.2 Å². The summed E-state index contributed by atoms with van der Waals surface area (Å²) >= 11 is 6.67. The molecule has 2 N–H and O–H groups in total. The van der Waals surface area contributed by atoms with Crippen LogP contribution in [0.1, 0.15) is 73.3 Å². The van der Waals surface area contributed by atoms with E-state index in [4.69, 9.17) is 26.3 Å². The third-order valence-corrected chi connectivity index (χ3v) is 15.1. The number of amides is 1. The van der Waals surface area contributed by atoms with E-state index in [-0.39, 0.29) is 63.3 Å². The normalized spacial score (nSPS) is 24.8. The first-order valence-electron chi connectivity index (χ1n) is 22.1. The molecule has 2 saturated carbocycles. The summed E-state index contributed by atoms with van der Waals surface area (Å²) in [5.74, 6) is -12.6. The Hall–Kier alpha value is -5.91. The first-order valence-corrected chi connectivity index (χ1v) is 24.0. The summed E-state index contributed by atoms with van der Waals surface area (Å²) < 4.78 is 169. The second-order valence-electron chi connectivity index (χ2n) is 18.3. The minimum atomic E-state index is -5.12. The number of nitrogens with zero attached hydrogens (tertiary/aromatic N) is 8. The fourth-order valence-electron chi connectivity index (χ4n) is 9.89. The molecule has 26 heteroatoms. The Morgan fingerprint density at radius 2 is 1.79 bits per heavy atom. The van der Waals surface area contributed by atoms with Gasteiger partial charge < -0.3 is 15.0 Å². The maximum atomic E-state index is 15.5. The highest BCUT2D eigenvalue weighted by Crippen LogP contribution is 2.68. The van der Waals surface area contributed by atoms with Crippen LogP contribution in [-0.2, 0) is 44.6 Å². The number of alkyl halides is 7. The van der Waals surface area contributed by atoms with Crippen LogP contribution in [0.3, 0.4) is 0 Å². The minimum absolute atomic E-state index is 0.0616. The lowest BCUT2D eigenvalue weighted by Crippen LogP contribution is -2.45. The number of sulfonamides is 1. The molecule has 0 radical (unpaired) electrons. The highest BCUT2D eigenvalue weighted by atomic mass is 35.5. The van der Waals surface area contributed by atoms with E-state index in [0.29, 0.717) is 42.5 Å². The number of nitrogens with one attached hydrogen (secondary N) is 2. The van der Waals surface area contributed by atoms with Crippen molar-refractivity contribution in [3.63, 3.8) is 0 Å². The number of hydrazine groups is 1. The number of ether oxygens (including phenoxy) is 1. The van der Waals surface area contributed by atoms with E-state index < -0.39 is 124 Å². The summed E-state index contributed by atoms with van der Waals surface area (Å²) in [4.78, 5) is 40.5. The molecule has 4 aromatic rings. The van der Waals surface area contributed by atoms with Gasteiger partial charge in [-0.15, -0.1) is 10.1 Å². The maximum absolute atomic E-state index is 15.5. The number of hydrogen-bond acceptors (Lipinski definition) is 10. The molecule has 0 bridgehead atoms. The molecule has 0 spiro atoms. The van der Waals surface area contributed by atoms with Gasteiger partial charge in [-0.2, -0.15) is 27.1 Å². The van der Waals surface area contributed by atoms with Gasteiger partial charge in [0.2, 0.25) is 5.91 Å². The maximum Gasteiger partial charge on any atom is 0.435 e. The Labute approximate surface area is 396 Å². The van der Waals surface area contributed by atoms with E-state index in [1.54, 1.807) is 6.07 Å². The number of morpholine rings is 1. The number of rotatable bonds is 13. The first kappa shape index (κ1) is 47.8. The lowest BCUT2D eigenvalue weighted by Gasteiger charge is -2.36. The Bertz CT molecular complexity index is 3140. The number of pyridine rings is 1. The summed E-state index contributed by atoms with van der Waals surface area (Å²) in [6.45, 7) is 1.59. The fourth-order valence-corrected chi connectivity index (χ4v) is 11.5. The van der Waals surface area contributed by atoms with Gasteiger partial charge in [0.15, 0.2) is 11.3 Å². The largest absolute Gasteiger partial charge is 0.435 e. The van der Waals surface area contributed by atoms with E-state index in [0.717, 1.165) is 27.8 Å². The molecular formula is C44H40ClF9N10O5S. The van der Waals surface area contributed by atoms with Crippen molar-refractivity contribution in [2.45, 2.75) is 93.9 Å². The molecular weight excluding hydrogens is 987 g/mol. The molecule has 70 heavy (non-hydrogen) atoms. The van der Waals surface area contributed by atoms with Crippen LogP contribution in [0.2, 0.25) is 0 Å². The van der Waals surface area contributed by atoms with Gasteiger partial charge in [-0.25, -0.2) is 35.9 Å². The van der Waals surface area contributed by atoms with Crippen molar-refractivity contribution in [3.05, 3.63) is 103 Å². The number of amidine groups is 1. The van der Waals surface area contributed by atoms with Crippen molar-refractivity contribution < 1.29 is 57.5 Å². The second-order valence-corrected chi connectivity index (χ2v) is 20.6. The molecule has 15 nitrogen and oxygen atoms in total. The van der Waals surface area contributed by atoms with E-state index in [1.165, 1.54) is 6.07 Å². The average molecular weight is 1030 g/mol. The molecule has 2 saturated heterocycles. The Kier molecular flexibility index (Phi) is 11.7. The van der Waals surface area contributed by atoms with Gasteiger partial charge in [0.05, 0.1) is 39.3 Å². The van der Waals surface area contributed by atoms with Crippen LogP contribution in [0, 0.1) is 23.5 Å². The Morgan fingerprint density at radius 3 is 2.44 bits per heavy atom. The van der Waals surface area contributed by atoms with Crippen LogP contribution < -0.4 is 21.2 Å². The Balaban J connectivity index is 1.13. The minimum Gasteiger partial charge on any atom is -0.372 e. The molecule has 1 amide bonds. The lowest BCUT2D eigenvalue weighted by molar-refractivity contribution is -0.142. The third kappa shape index (κ3) is 8.71. The number of benzene rings is 1. The van der Waals surface area contributed by atoms with Crippen LogP contribution in [-0.4, -0.2) is 99.5 Å². The summed E-state index contributed by atoms with van der Waals surface area (Å²) in [6, 6.07) is 5.47. The quantitative estimate of drug-likeness (QED) is 0.114. The molecule has 6 atom stereocenters. The number of halogens is 10. The van der Waals surface area contributed by atoms with Gasteiger partial charge >= 0.3 is 6.18 Å². The smallest absolute Gasteiger partial charge is 0.372 e. The zero-order chi connectivity index (χ0) is 49.9. The molecule has 4 fully saturated rings. The van der Waals surface area contributed by atoms with Crippen LogP contribution in [0.5, 0.6) is 0 Å². The van der Waals surface area contributed by atoms with Crippen LogP contribution >= 0.6 is 11.6 Å². The predicted molar refractivity (Wildman–Crippen MR) is 233 cm³/mol. The van der Waals surface area contributed by atoms with Crippen molar-refractivity contribution in [2.75, 3.05) is 31.1 Å². The topological polar surface area (TPSA) is 169 Å². The fraction of sp³-hybridized carbons (Fsp3) is 0.477. The van der Waals surface area contributed by atoms with Gasteiger partial charge in [-0.3, -0.25) is 29.3 Å². The molecule has 1 unspecified atom stereocenters. The number of fused-ring (bicyclic) bond motifs is 5. The van der Waals surface area contributed by atoms with Crippen LogP contribution in [0.4, 0.5) is 45.3 Å². The molecule has 372 valence electrons. The zero-order valence-corrected chi connectivity index (χ0v) is 38.3. The van der Waals surface area contributed by atoms with Crippen molar-refractivity contribution in [3.8, 4) is 0 Å². The highest BCUT2D eigenvalue weighted by molar-refractivity contribution is 7.91. The SMILES string of the molecule is C[C@@H]1CN(c2ccc3c(=O)n(C4=C5C(C(Cl)=C=C4)C(=NS(=O)(=O)C4CC4)NN5CC(F)F)c([C@@H](CNC(=O)Cn4nc(C(F)(F)F)c5c4C(F)(F)[C@H]4C[C@@H]54)Cc4cc(F)cc(F)c4)nc3n2)C[C@H](C)O1. The van der Waals surface area contributed by atoms with Gasteiger partial charge in [0.1, 0.15) is 53.8 Å². The predicted octanol–water partition coefficient (Wildman–Crippen LogP) is 6.30. The second kappa shape index (κ2) is 17.1. The standard InChI is InChI=1S/C44H40ClF9N10O5S/c1-19-15-61(16-20(2)69-19)32-8-5-26-39(56-32)57-41(64(42(26)66)30-7-6-29(45)35-36(30)62(17-31(48)49)59-40(35)60-70(67,68)25-3-4-25)22(9-21-10-23(46)12-24(47)11-21)14-55-33(65)18-63-38-34(37(58-63)44(52,53)54)27-13-28(27)43(38,50)51/h5,7-8,10-12,19-20,22,25,27-28,31,35H,3-4,9,13-18H2,1-2H3,(H,55,65)(H,59,60)/t19-,20+,22-,27-,28+,35?/m1/s1. The summed E-state index contributed by atoms with van der Waals surface area (Å²) in [6.07, 6.45) is -7.55. The highest BCUT2D eigenvalue weighted by Gasteiger charge is 2.68. The van der Waals surface area contributed by atoms with E-state index in [9.17, 15) is 43.9 Å². The molecule has 2 aliphatic heterocycles. The van der Waals surface area contributed by atoms with Crippen LogP contribution in [0.25, 0.3) is 16.7 Å². The third-order valence-electron chi connectivity index (χ3n) is 13.0. The summed E-state index contributed by atoms with van der Waals surface area (Å²) in [5, 5.41) is 5.60. The number of allylic oxidation sites excluding steroid dienone is 1. The van der Waals surface area contributed by atoms with Gasteiger partial charge in [-0.1, -0.05) is 11.6 Å². The molecule has 3 aromatic heterocycles. The number of carbonyl (C=O) groups is 1. The zero-order valence-electron chi connectivity index (χ0n) is 36.8. The summed E-state index contributed by atoms with van der Waals surface area (Å²) in [7, 11) is -4.18. The van der Waals surface area contributed by atoms with E-state index in [1.807, 2.05) is 18.7 Å². The van der Waals surface area contributed by atoms with Crippen molar-refractivity contribution in [1.29, 1.82) is 0 Å². The van der Waals surface area contributed by atoms with E-state index >= 15 is 13.6 Å². The number of carbonyl (C=O) groups excluding carboxylic acids is 1. The molecule has 5 heterocycles. The number of anilines is 1. The summed E-state index contributed by atoms with van der Waals surface area (Å²) in [5.41, 5.74) is 0.513. The van der Waals surface area contributed by atoms with Gasteiger partial charge in [0, 0.05) is 49.2 Å². The molecule has 10 rings (SSSR count). The van der Waals surface area contributed by atoms with Gasteiger partial charge in [-0.05, 0) is 75.3 Å². The number of hydrogen-bond donors (Lipinski definition) is 2. The van der Waals surface area contributed by atoms with Crippen molar-refractivity contribution in [1.82, 2.24) is 40.1 Å². The van der Waals surface area contributed by atoms with E-state index in [2.05, 4.69) is 26.0 Å². The molecule has 1 aromatic carbocycles. The molecule has 6 aliphatic rings. The first-order chi connectivity index (χ1) is 33.0. The lowest BCUT2D eigenvalue weighted by atomic mass is 9.96. The van der Waals surface area contributed by atoms with Crippen LogP contribution in [0.15, 0.2) is 62.1 Å². The monoisotopic (exact) mass is 1030 g/mol.